The van der Waals surface area contributed by atoms with Crippen molar-refractivity contribution in [1.82, 2.24) is 15.0 Å². The van der Waals surface area contributed by atoms with Gasteiger partial charge in [0.05, 0.1) is 11.3 Å². The second-order valence-corrected chi connectivity index (χ2v) is 7.31. The number of anilines is 1. The summed E-state index contributed by atoms with van der Waals surface area (Å²) in [6, 6.07) is 9.94. The van der Waals surface area contributed by atoms with Gasteiger partial charge < -0.3 is 19.5 Å². The molecule has 2 amide bonds. The number of hydrogen-bond acceptors (Lipinski definition) is 5. The molecule has 0 bridgehead atoms. The average molecular weight is 448 g/mol. The van der Waals surface area contributed by atoms with E-state index < -0.39 is 17.8 Å². The lowest BCUT2D eigenvalue weighted by Gasteiger charge is -2.19. The second-order valence-electron chi connectivity index (χ2n) is 7.31. The first-order valence-electron chi connectivity index (χ1n) is 9.83. The van der Waals surface area contributed by atoms with Gasteiger partial charge in [-0.15, -0.1) is 0 Å². The molecule has 0 spiro atoms. The van der Waals surface area contributed by atoms with Crippen molar-refractivity contribution in [2.75, 3.05) is 18.9 Å². The molecule has 7 nitrogen and oxygen atoms in total. The summed E-state index contributed by atoms with van der Waals surface area (Å²) in [5, 5.41) is 6.14. The Hall–Kier alpha value is -3.56. The van der Waals surface area contributed by atoms with E-state index in [0.29, 0.717) is 11.6 Å². The second kappa shape index (κ2) is 9.71. The minimum absolute atomic E-state index is 0.0987. The Balaban J connectivity index is 1.52. The van der Waals surface area contributed by atoms with Crippen molar-refractivity contribution < 1.29 is 27.2 Å². The Morgan fingerprint density at radius 2 is 1.94 bits per heavy atom. The fourth-order valence-corrected chi connectivity index (χ4v) is 2.97. The van der Waals surface area contributed by atoms with Crippen molar-refractivity contribution in [1.29, 1.82) is 0 Å². The number of halogens is 3. The molecule has 10 heteroatoms. The van der Waals surface area contributed by atoms with Crippen molar-refractivity contribution in [3.63, 3.8) is 0 Å². The SMILES string of the molecule is Cc1ccc(OCc2nc(CCN(C)C(=O)Nc3ccccc3C(F)(F)F)no2)c(C)c1. The number of aromatic nitrogens is 2. The van der Waals surface area contributed by atoms with Crippen LogP contribution in [0.4, 0.5) is 23.7 Å². The van der Waals surface area contributed by atoms with Gasteiger partial charge in [-0.1, -0.05) is 35.0 Å². The maximum absolute atomic E-state index is 13.1. The summed E-state index contributed by atoms with van der Waals surface area (Å²) in [5.41, 5.74) is 0.907. The lowest BCUT2D eigenvalue weighted by atomic mass is 10.1. The lowest BCUT2D eigenvalue weighted by molar-refractivity contribution is -0.136. The van der Waals surface area contributed by atoms with E-state index in [1.165, 1.54) is 30.1 Å². The summed E-state index contributed by atoms with van der Waals surface area (Å²) < 4.78 is 50.1. The number of nitrogens with zero attached hydrogens (tertiary/aromatic N) is 3. The fraction of sp³-hybridized carbons (Fsp3) is 0.318. The molecule has 0 atom stereocenters. The number of rotatable bonds is 7. The highest BCUT2D eigenvalue weighted by Gasteiger charge is 2.33. The minimum Gasteiger partial charge on any atom is -0.483 e. The van der Waals surface area contributed by atoms with Gasteiger partial charge in [0.15, 0.2) is 12.4 Å². The molecule has 2 aromatic carbocycles. The number of carbonyl (C=O) groups excluding carboxylic acids is 1. The average Bonchev–Trinajstić information content (AvgIpc) is 3.19. The van der Waals surface area contributed by atoms with Gasteiger partial charge in [0, 0.05) is 20.0 Å². The lowest BCUT2D eigenvalue weighted by Crippen LogP contribution is -2.33. The van der Waals surface area contributed by atoms with E-state index in [1.807, 2.05) is 32.0 Å². The summed E-state index contributed by atoms with van der Waals surface area (Å²) in [6.45, 7) is 4.21. The van der Waals surface area contributed by atoms with Crippen molar-refractivity contribution in [3.8, 4) is 5.75 Å². The number of para-hydroxylation sites is 1. The monoisotopic (exact) mass is 448 g/mol. The minimum atomic E-state index is -4.57. The van der Waals surface area contributed by atoms with Crippen LogP contribution >= 0.6 is 0 Å². The quantitative estimate of drug-likeness (QED) is 0.551. The third-order valence-electron chi connectivity index (χ3n) is 4.68. The van der Waals surface area contributed by atoms with Crippen LogP contribution < -0.4 is 10.1 Å². The maximum Gasteiger partial charge on any atom is 0.418 e. The standard InChI is InChI=1S/C22H23F3N4O3/c1-14-8-9-18(15(2)12-14)31-13-20-27-19(28-32-20)10-11-29(3)21(30)26-17-7-5-4-6-16(17)22(23,24)25/h4-9,12H,10-11,13H2,1-3H3,(H,26,30). The molecular weight excluding hydrogens is 425 g/mol. The molecule has 0 saturated carbocycles. The molecule has 0 fully saturated rings. The molecule has 1 heterocycles. The van der Waals surface area contributed by atoms with E-state index in [-0.39, 0.29) is 31.2 Å². The van der Waals surface area contributed by atoms with Gasteiger partial charge in [-0.25, -0.2) is 4.79 Å². The van der Waals surface area contributed by atoms with Crippen LogP contribution in [0.15, 0.2) is 47.0 Å². The van der Waals surface area contributed by atoms with Crippen LogP contribution in [0.25, 0.3) is 0 Å². The van der Waals surface area contributed by atoms with Gasteiger partial charge >= 0.3 is 12.2 Å². The number of ether oxygens (including phenoxy) is 1. The van der Waals surface area contributed by atoms with Crippen LogP contribution in [0.1, 0.15) is 28.4 Å². The number of aryl methyl sites for hydroxylation is 2. The highest BCUT2D eigenvalue weighted by atomic mass is 19.4. The highest BCUT2D eigenvalue weighted by molar-refractivity contribution is 5.90. The molecule has 3 rings (SSSR count). The first-order valence-corrected chi connectivity index (χ1v) is 9.83. The van der Waals surface area contributed by atoms with Gasteiger partial charge in [-0.3, -0.25) is 0 Å². The first kappa shape index (κ1) is 23.1. The molecule has 1 aromatic heterocycles. The number of alkyl halides is 3. The predicted molar refractivity (Wildman–Crippen MR) is 111 cm³/mol. The molecule has 0 saturated heterocycles. The summed E-state index contributed by atoms with van der Waals surface area (Å²) in [6.07, 6.45) is -4.30. The number of urea groups is 1. The van der Waals surface area contributed by atoms with Crippen LogP contribution in [-0.2, 0) is 19.2 Å². The number of nitrogens with one attached hydrogen (secondary N) is 1. The molecule has 0 radical (unpaired) electrons. The Kier molecular flexibility index (Phi) is 7.01. The zero-order valence-electron chi connectivity index (χ0n) is 17.9. The van der Waals surface area contributed by atoms with Gasteiger partial charge in [0.25, 0.3) is 5.89 Å². The van der Waals surface area contributed by atoms with Gasteiger partial charge in [0.2, 0.25) is 0 Å². The van der Waals surface area contributed by atoms with Gasteiger partial charge in [-0.2, -0.15) is 18.2 Å². The Morgan fingerprint density at radius 1 is 1.19 bits per heavy atom. The molecule has 0 unspecified atom stereocenters. The van der Waals surface area contributed by atoms with Crippen molar-refractivity contribution >= 4 is 11.7 Å². The Bertz CT molecular complexity index is 1080. The maximum atomic E-state index is 13.1. The van der Waals surface area contributed by atoms with Crippen LogP contribution in [0.3, 0.4) is 0 Å². The fourth-order valence-electron chi connectivity index (χ4n) is 2.97. The largest absolute Gasteiger partial charge is 0.483 e. The van der Waals surface area contributed by atoms with Crippen LogP contribution in [-0.4, -0.2) is 34.7 Å². The zero-order chi connectivity index (χ0) is 23.3. The summed E-state index contributed by atoms with van der Waals surface area (Å²) >= 11 is 0. The number of amides is 2. The van der Waals surface area contributed by atoms with E-state index in [9.17, 15) is 18.0 Å². The number of benzene rings is 2. The molecule has 32 heavy (non-hydrogen) atoms. The predicted octanol–water partition coefficient (Wildman–Crippen LogP) is 4.99. The van der Waals surface area contributed by atoms with Crippen LogP contribution in [0, 0.1) is 13.8 Å². The number of carbonyl (C=O) groups is 1. The van der Waals surface area contributed by atoms with Gasteiger partial charge in [-0.05, 0) is 37.6 Å². The smallest absolute Gasteiger partial charge is 0.418 e. The molecule has 0 aliphatic carbocycles. The molecule has 0 aliphatic rings. The van der Waals surface area contributed by atoms with E-state index in [2.05, 4.69) is 15.5 Å². The summed E-state index contributed by atoms with van der Waals surface area (Å²) in [7, 11) is 1.47. The van der Waals surface area contributed by atoms with Crippen LogP contribution in [0.5, 0.6) is 5.75 Å². The molecule has 0 aliphatic heterocycles. The molecule has 1 N–H and O–H groups in total. The topological polar surface area (TPSA) is 80.5 Å². The van der Waals surface area contributed by atoms with Crippen molar-refractivity contribution in [2.45, 2.75) is 33.1 Å². The zero-order valence-corrected chi connectivity index (χ0v) is 17.9. The van der Waals surface area contributed by atoms with E-state index in [1.54, 1.807) is 0 Å². The number of hydrogen-bond donors (Lipinski definition) is 1. The van der Waals surface area contributed by atoms with Crippen LogP contribution in [0.2, 0.25) is 0 Å². The van der Waals surface area contributed by atoms with E-state index in [4.69, 9.17) is 9.26 Å². The summed E-state index contributed by atoms with van der Waals surface area (Å²) in [4.78, 5) is 17.8. The molecule has 170 valence electrons. The third kappa shape index (κ3) is 5.99. The molecule has 3 aromatic rings. The highest BCUT2D eigenvalue weighted by Crippen LogP contribution is 2.34. The normalized spacial score (nSPS) is 11.3. The van der Waals surface area contributed by atoms with E-state index >= 15 is 0 Å². The number of likely N-dealkylation sites (N-methyl/N-ethyl adjacent to an activating group) is 1. The van der Waals surface area contributed by atoms with Crippen molar-refractivity contribution in [2.24, 2.45) is 0 Å². The summed E-state index contributed by atoms with van der Waals surface area (Å²) in [5.74, 6) is 1.36. The first-order chi connectivity index (χ1) is 15.1. The van der Waals surface area contributed by atoms with Crippen molar-refractivity contribution in [3.05, 3.63) is 70.9 Å². The Morgan fingerprint density at radius 3 is 2.66 bits per heavy atom. The molecular formula is C22H23F3N4O3. The van der Waals surface area contributed by atoms with Gasteiger partial charge in [0.1, 0.15) is 5.75 Å². The third-order valence-corrected chi connectivity index (χ3v) is 4.68. The Labute approximate surface area is 183 Å². The van der Waals surface area contributed by atoms with E-state index in [0.717, 1.165) is 17.2 Å².